The quantitative estimate of drug-likeness (QED) is 0.320. The SMILES string of the molecule is Cc1ccccc1CN(C(=O)CCCN(c1ccc(F)cc1)S(C)(=O)=O)C(Cc1ccccc1)C(=O)NC(C)C. The van der Waals surface area contributed by atoms with Gasteiger partial charge in [-0.15, -0.1) is 0 Å². The van der Waals surface area contributed by atoms with Crippen LogP contribution in [0.15, 0.2) is 78.9 Å². The Morgan fingerprint density at radius 2 is 1.55 bits per heavy atom. The van der Waals surface area contributed by atoms with Crippen LogP contribution in [-0.4, -0.2) is 50.0 Å². The second kappa shape index (κ2) is 14.1. The molecule has 2 amide bonds. The van der Waals surface area contributed by atoms with Crippen molar-refractivity contribution in [3.63, 3.8) is 0 Å². The number of aryl methyl sites for hydroxylation is 1. The molecule has 3 aromatic carbocycles. The first kappa shape index (κ1) is 30.8. The van der Waals surface area contributed by atoms with E-state index >= 15 is 0 Å². The maximum absolute atomic E-state index is 13.8. The van der Waals surface area contributed by atoms with Gasteiger partial charge in [-0.25, -0.2) is 12.8 Å². The van der Waals surface area contributed by atoms with Crippen LogP contribution in [0, 0.1) is 12.7 Å². The average molecular weight is 568 g/mol. The number of benzene rings is 3. The molecule has 7 nitrogen and oxygen atoms in total. The van der Waals surface area contributed by atoms with Crippen molar-refractivity contribution < 1.29 is 22.4 Å². The molecule has 0 aliphatic rings. The Bertz CT molecular complexity index is 1380. The zero-order chi connectivity index (χ0) is 29.3. The van der Waals surface area contributed by atoms with E-state index in [9.17, 15) is 22.4 Å². The minimum Gasteiger partial charge on any atom is -0.352 e. The molecule has 1 N–H and O–H groups in total. The molecule has 3 rings (SSSR count). The van der Waals surface area contributed by atoms with E-state index < -0.39 is 21.9 Å². The van der Waals surface area contributed by atoms with Crippen LogP contribution in [0.4, 0.5) is 10.1 Å². The third kappa shape index (κ3) is 8.91. The number of nitrogens with zero attached hydrogens (tertiary/aromatic N) is 2. The van der Waals surface area contributed by atoms with Crippen LogP contribution in [-0.2, 0) is 32.6 Å². The van der Waals surface area contributed by atoms with Crippen molar-refractivity contribution in [1.82, 2.24) is 10.2 Å². The van der Waals surface area contributed by atoms with Gasteiger partial charge >= 0.3 is 0 Å². The summed E-state index contributed by atoms with van der Waals surface area (Å²) < 4.78 is 39.6. The number of sulfonamides is 1. The van der Waals surface area contributed by atoms with E-state index in [0.29, 0.717) is 12.1 Å². The Morgan fingerprint density at radius 3 is 2.15 bits per heavy atom. The number of amides is 2. The molecule has 0 aromatic heterocycles. The Morgan fingerprint density at radius 1 is 0.925 bits per heavy atom. The van der Waals surface area contributed by atoms with Gasteiger partial charge in [0.1, 0.15) is 11.9 Å². The predicted octanol–water partition coefficient (Wildman–Crippen LogP) is 4.85. The molecule has 3 aromatic rings. The van der Waals surface area contributed by atoms with Gasteiger partial charge in [-0.05, 0) is 68.1 Å². The molecule has 0 radical (unpaired) electrons. The van der Waals surface area contributed by atoms with E-state index in [-0.39, 0.29) is 43.8 Å². The number of hydrogen-bond acceptors (Lipinski definition) is 4. The van der Waals surface area contributed by atoms with Crippen LogP contribution in [0.2, 0.25) is 0 Å². The molecule has 0 saturated carbocycles. The molecule has 1 atom stereocenters. The first-order valence-corrected chi connectivity index (χ1v) is 15.2. The first-order chi connectivity index (χ1) is 19.0. The number of nitrogens with one attached hydrogen (secondary N) is 1. The zero-order valence-corrected chi connectivity index (χ0v) is 24.3. The summed E-state index contributed by atoms with van der Waals surface area (Å²) in [5.74, 6) is -0.969. The lowest BCUT2D eigenvalue weighted by atomic mass is 10.0. The summed E-state index contributed by atoms with van der Waals surface area (Å²) in [6.07, 6.45) is 1.66. The smallest absolute Gasteiger partial charge is 0.243 e. The van der Waals surface area contributed by atoms with Crippen LogP contribution in [0.25, 0.3) is 0 Å². The lowest BCUT2D eigenvalue weighted by molar-refractivity contribution is -0.141. The van der Waals surface area contributed by atoms with Crippen molar-refractivity contribution in [2.24, 2.45) is 0 Å². The maximum Gasteiger partial charge on any atom is 0.243 e. The lowest BCUT2D eigenvalue weighted by Gasteiger charge is -2.33. The summed E-state index contributed by atoms with van der Waals surface area (Å²) in [4.78, 5) is 28.9. The van der Waals surface area contributed by atoms with E-state index in [1.54, 1.807) is 4.90 Å². The van der Waals surface area contributed by atoms with Crippen molar-refractivity contribution >= 4 is 27.5 Å². The summed E-state index contributed by atoms with van der Waals surface area (Å²) in [5, 5.41) is 2.97. The van der Waals surface area contributed by atoms with Gasteiger partial charge in [0.15, 0.2) is 0 Å². The van der Waals surface area contributed by atoms with Crippen LogP contribution < -0.4 is 9.62 Å². The molecule has 0 aliphatic carbocycles. The molecule has 0 fully saturated rings. The standard InChI is InChI=1S/C31H38FN3O4S/c1-23(2)33-31(37)29(21-25-12-6-5-7-13-25)34(22-26-14-9-8-11-24(26)3)30(36)15-10-20-35(40(4,38)39)28-18-16-27(32)17-19-28/h5-9,11-14,16-19,23,29H,10,15,20-22H2,1-4H3,(H,33,37). The third-order valence-corrected chi connectivity index (χ3v) is 7.76. The lowest BCUT2D eigenvalue weighted by Crippen LogP contribution is -2.52. The van der Waals surface area contributed by atoms with Crippen LogP contribution in [0.3, 0.4) is 0 Å². The molecule has 40 heavy (non-hydrogen) atoms. The van der Waals surface area contributed by atoms with Crippen molar-refractivity contribution in [3.8, 4) is 0 Å². The van der Waals surface area contributed by atoms with E-state index in [1.165, 1.54) is 28.6 Å². The number of carbonyl (C=O) groups is 2. The topological polar surface area (TPSA) is 86.8 Å². The third-order valence-electron chi connectivity index (χ3n) is 6.57. The molecule has 9 heteroatoms. The van der Waals surface area contributed by atoms with Gasteiger partial charge in [-0.2, -0.15) is 0 Å². The number of halogens is 1. The highest BCUT2D eigenvalue weighted by Gasteiger charge is 2.31. The second-order valence-corrected chi connectivity index (χ2v) is 12.1. The van der Waals surface area contributed by atoms with E-state index in [4.69, 9.17) is 0 Å². The highest BCUT2D eigenvalue weighted by molar-refractivity contribution is 7.92. The van der Waals surface area contributed by atoms with Crippen LogP contribution in [0.1, 0.15) is 43.4 Å². The van der Waals surface area contributed by atoms with Gasteiger partial charge in [0, 0.05) is 32.0 Å². The van der Waals surface area contributed by atoms with Crippen LogP contribution in [0.5, 0.6) is 0 Å². The van der Waals surface area contributed by atoms with Gasteiger partial charge in [0.25, 0.3) is 0 Å². The molecule has 0 bridgehead atoms. The maximum atomic E-state index is 13.8. The second-order valence-electron chi connectivity index (χ2n) is 10.2. The highest BCUT2D eigenvalue weighted by Crippen LogP contribution is 2.21. The molecule has 0 heterocycles. The summed E-state index contributed by atoms with van der Waals surface area (Å²) in [5.41, 5.74) is 3.18. The van der Waals surface area contributed by atoms with Gasteiger partial charge in [0.2, 0.25) is 21.8 Å². The molecule has 214 valence electrons. The monoisotopic (exact) mass is 567 g/mol. The summed E-state index contributed by atoms with van der Waals surface area (Å²) in [6, 6.07) is 21.6. The Kier molecular flexibility index (Phi) is 10.8. The summed E-state index contributed by atoms with van der Waals surface area (Å²) in [7, 11) is -3.67. The zero-order valence-electron chi connectivity index (χ0n) is 23.5. The van der Waals surface area contributed by atoms with Crippen molar-refractivity contribution in [1.29, 1.82) is 0 Å². The molecule has 1 unspecified atom stereocenters. The molecular formula is C31H38FN3O4S. The first-order valence-electron chi connectivity index (χ1n) is 13.4. The molecule has 0 aliphatic heterocycles. The van der Waals surface area contributed by atoms with Gasteiger partial charge in [0.05, 0.1) is 11.9 Å². The number of anilines is 1. The summed E-state index contributed by atoms with van der Waals surface area (Å²) >= 11 is 0. The average Bonchev–Trinajstić information content (AvgIpc) is 2.89. The number of rotatable bonds is 13. The van der Waals surface area contributed by atoms with Gasteiger partial charge in [-0.3, -0.25) is 13.9 Å². The van der Waals surface area contributed by atoms with E-state index in [1.807, 2.05) is 75.4 Å². The Labute approximate surface area is 237 Å². The molecule has 0 saturated heterocycles. The van der Waals surface area contributed by atoms with Gasteiger partial charge in [-0.1, -0.05) is 54.6 Å². The number of carbonyl (C=O) groups excluding carboxylic acids is 2. The van der Waals surface area contributed by atoms with Crippen LogP contribution >= 0.6 is 0 Å². The Balaban J connectivity index is 1.88. The highest BCUT2D eigenvalue weighted by atomic mass is 32.2. The predicted molar refractivity (Wildman–Crippen MR) is 157 cm³/mol. The fraction of sp³-hybridized carbons (Fsp3) is 0.355. The van der Waals surface area contributed by atoms with E-state index in [0.717, 1.165) is 22.9 Å². The van der Waals surface area contributed by atoms with Gasteiger partial charge < -0.3 is 10.2 Å². The van der Waals surface area contributed by atoms with Crippen molar-refractivity contribution in [3.05, 3.63) is 101 Å². The van der Waals surface area contributed by atoms with E-state index in [2.05, 4.69) is 5.32 Å². The molecule has 0 spiro atoms. The normalized spacial score (nSPS) is 12.2. The molecular weight excluding hydrogens is 529 g/mol. The fourth-order valence-corrected chi connectivity index (χ4v) is 5.48. The largest absolute Gasteiger partial charge is 0.352 e. The van der Waals surface area contributed by atoms with Crippen molar-refractivity contribution in [2.45, 2.75) is 58.7 Å². The minimum atomic E-state index is -3.67. The van der Waals surface area contributed by atoms with Crippen molar-refractivity contribution in [2.75, 3.05) is 17.1 Å². The number of hydrogen-bond donors (Lipinski definition) is 1. The minimum absolute atomic E-state index is 0.0271. The fourth-order valence-electron chi connectivity index (χ4n) is 4.52. The summed E-state index contributed by atoms with van der Waals surface area (Å²) in [6.45, 7) is 5.99. The Hall–Kier alpha value is -3.72.